The summed E-state index contributed by atoms with van der Waals surface area (Å²) >= 11 is 0. The molecule has 0 aliphatic heterocycles. The maximum atomic E-state index is 10.2. The molecule has 1 spiro atoms. The second-order valence-corrected chi connectivity index (χ2v) is 4.19. The Bertz CT molecular complexity index is 267. The Kier molecular flexibility index (Phi) is 2.44. The molecule has 78 valence electrons. The van der Waals surface area contributed by atoms with Crippen LogP contribution in [0.25, 0.3) is 0 Å². The van der Waals surface area contributed by atoms with E-state index in [2.05, 4.69) is 5.16 Å². The summed E-state index contributed by atoms with van der Waals surface area (Å²) in [5.74, 6) is -0.964. The minimum atomic E-state index is -0.964. The number of carboxylic acids is 1. The predicted octanol–water partition coefficient (Wildman–Crippen LogP) is 1.80. The fourth-order valence-electron chi connectivity index (χ4n) is 2.49. The molecular formula is C10H15NO3. The summed E-state index contributed by atoms with van der Waals surface area (Å²) in [4.78, 5) is 15.0. The van der Waals surface area contributed by atoms with Crippen molar-refractivity contribution in [3.8, 4) is 0 Å². The van der Waals surface area contributed by atoms with Crippen LogP contribution in [-0.4, -0.2) is 23.4 Å². The SMILES string of the molecule is O=C(O)CO/N=C1\CCC12CCCC2. The lowest BCUT2D eigenvalue weighted by Gasteiger charge is -2.39. The molecule has 0 radical (unpaired) electrons. The molecule has 0 saturated heterocycles. The van der Waals surface area contributed by atoms with Crippen molar-refractivity contribution >= 4 is 11.7 Å². The molecule has 0 aromatic heterocycles. The Morgan fingerprint density at radius 3 is 2.64 bits per heavy atom. The van der Waals surface area contributed by atoms with Crippen LogP contribution in [-0.2, 0) is 9.63 Å². The standard InChI is InChI=1S/C10H15NO3/c12-9(13)7-14-11-8-3-6-10(8)4-1-2-5-10/h1-7H2,(H,12,13)/b11-8+. The zero-order valence-corrected chi connectivity index (χ0v) is 8.16. The molecule has 0 atom stereocenters. The third kappa shape index (κ3) is 1.61. The Morgan fingerprint density at radius 2 is 2.14 bits per heavy atom. The maximum Gasteiger partial charge on any atom is 0.344 e. The van der Waals surface area contributed by atoms with Gasteiger partial charge in [-0.2, -0.15) is 0 Å². The van der Waals surface area contributed by atoms with Gasteiger partial charge < -0.3 is 9.94 Å². The lowest BCUT2D eigenvalue weighted by molar-refractivity contribution is -0.142. The lowest BCUT2D eigenvalue weighted by Crippen LogP contribution is -2.38. The maximum absolute atomic E-state index is 10.2. The van der Waals surface area contributed by atoms with Gasteiger partial charge in [0.1, 0.15) is 0 Å². The third-order valence-corrected chi connectivity index (χ3v) is 3.38. The Hall–Kier alpha value is -1.06. The third-order valence-electron chi connectivity index (χ3n) is 3.38. The van der Waals surface area contributed by atoms with Crippen molar-refractivity contribution in [1.29, 1.82) is 0 Å². The molecule has 0 bridgehead atoms. The van der Waals surface area contributed by atoms with E-state index in [0.717, 1.165) is 12.1 Å². The van der Waals surface area contributed by atoms with Crippen LogP contribution in [0.5, 0.6) is 0 Å². The molecule has 0 aromatic rings. The van der Waals surface area contributed by atoms with E-state index in [1.165, 1.54) is 32.1 Å². The average molecular weight is 197 g/mol. The van der Waals surface area contributed by atoms with Crippen LogP contribution >= 0.6 is 0 Å². The van der Waals surface area contributed by atoms with E-state index in [0.29, 0.717) is 5.41 Å². The number of rotatable bonds is 3. The molecule has 4 heteroatoms. The average Bonchev–Trinajstić information content (AvgIpc) is 2.60. The van der Waals surface area contributed by atoms with Gasteiger partial charge in [-0.15, -0.1) is 0 Å². The van der Waals surface area contributed by atoms with Gasteiger partial charge in [0.25, 0.3) is 0 Å². The molecule has 4 nitrogen and oxygen atoms in total. The lowest BCUT2D eigenvalue weighted by atomic mass is 9.66. The second kappa shape index (κ2) is 3.59. The van der Waals surface area contributed by atoms with Gasteiger partial charge in [-0.3, -0.25) is 0 Å². The summed E-state index contributed by atoms with van der Waals surface area (Å²) in [6.45, 7) is -0.320. The molecule has 1 N–H and O–H groups in total. The van der Waals surface area contributed by atoms with Crippen molar-refractivity contribution < 1.29 is 14.7 Å². The number of carbonyl (C=O) groups is 1. The smallest absolute Gasteiger partial charge is 0.344 e. The molecule has 0 unspecified atom stereocenters. The molecule has 0 heterocycles. The van der Waals surface area contributed by atoms with Gasteiger partial charge in [0.2, 0.25) is 6.61 Å². The minimum absolute atomic E-state index is 0.304. The zero-order chi connectivity index (χ0) is 10.0. The normalized spacial score (nSPS) is 26.4. The number of carboxylic acid groups (broad SMARTS) is 1. The summed E-state index contributed by atoms with van der Waals surface area (Å²) in [6.07, 6.45) is 7.17. The van der Waals surface area contributed by atoms with Crippen LogP contribution in [0.1, 0.15) is 38.5 Å². The summed E-state index contributed by atoms with van der Waals surface area (Å²) in [7, 11) is 0. The first kappa shape index (κ1) is 9.49. The fourth-order valence-corrected chi connectivity index (χ4v) is 2.49. The molecule has 0 amide bonds. The zero-order valence-electron chi connectivity index (χ0n) is 8.16. The molecule has 0 aromatic carbocycles. The molecule has 2 fully saturated rings. The topological polar surface area (TPSA) is 58.9 Å². The fraction of sp³-hybridized carbons (Fsp3) is 0.800. The van der Waals surface area contributed by atoms with Gasteiger partial charge in [0.15, 0.2) is 0 Å². The van der Waals surface area contributed by atoms with Crippen LogP contribution in [0.4, 0.5) is 0 Å². The highest BCUT2D eigenvalue weighted by Gasteiger charge is 2.45. The Morgan fingerprint density at radius 1 is 1.43 bits per heavy atom. The number of oxime groups is 1. The monoisotopic (exact) mass is 197 g/mol. The first-order chi connectivity index (χ1) is 6.73. The summed E-state index contributed by atoms with van der Waals surface area (Å²) in [6, 6.07) is 0. The van der Waals surface area contributed by atoms with Crippen molar-refractivity contribution in [2.45, 2.75) is 38.5 Å². The highest BCUT2D eigenvalue weighted by molar-refractivity contribution is 5.95. The van der Waals surface area contributed by atoms with Gasteiger partial charge in [0.05, 0.1) is 5.71 Å². The Labute approximate surface area is 82.9 Å². The van der Waals surface area contributed by atoms with E-state index in [1.54, 1.807) is 0 Å². The molecule has 2 aliphatic rings. The predicted molar refractivity (Wildman–Crippen MR) is 51.2 cm³/mol. The molecule has 14 heavy (non-hydrogen) atoms. The second-order valence-electron chi connectivity index (χ2n) is 4.19. The van der Waals surface area contributed by atoms with E-state index >= 15 is 0 Å². The van der Waals surface area contributed by atoms with Crippen molar-refractivity contribution in [2.24, 2.45) is 10.6 Å². The van der Waals surface area contributed by atoms with Crippen LogP contribution in [0.3, 0.4) is 0 Å². The van der Waals surface area contributed by atoms with Crippen LogP contribution in [0, 0.1) is 5.41 Å². The largest absolute Gasteiger partial charge is 0.479 e. The first-order valence-corrected chi connectivity index (χ1v) is 5.14. The summed E-state index contributed by atoms with van der Waals surface area (Å²) in [5, 5.41) is 12.3. The van der Waals surface area contributed by atoms with Crippen molar-refractivity contribution in [1.82, 2.24) is 0 Å². The van der Waals surface area contributed by atoms with Crippen LogP contribution in [0.2, 0.25) is 0 Å². The molecule has 2 aliphatic carbocycles. The van der Waals surface area contributed by atoms with E-state index < -0.39 is 5.97 Å². The molecule has 2 saturated carbocycles. The number of aliphatic carboxylic acids is 1. The number of hydrogen-bond donors (Lipinski definition) is 1. The van der Waals surface area contributed by atoms with Gasteiger partial charge in [0, 0.05) is 5.41 Å². The quantitative estimate of drug-likeness (QED) is 0.702. The van der Waals surface area contributed by atoms with Crippen molar-refractivity contribution in [2.75, 3.05) is 6.61 Å². The van der Waals surface area contributed by atoms with Gasteiger partial charge in [-0.1, -0.05) is 18.0 Å². The van der Waals surface area contributed by atoms with Gasteiger partial charge in [-0.05, 0) is 25.7 Å². The Balaban J connectivity index is 1.88. The number of hydrogen-bond acceptors (Lipinski definition) is 3. The molecular weight excluding hydrogens is 182 g/mol. The van der Waals surface area contributed by atoms with E-state index in [4.69, 9.17) is 9.94 Å². The van der Waals surface area contributed by atoms with Crippen molar-refractivity contribution in [3.63, 3.8) is 0 Å². The van der Waals surface area contributed by atoms with Crippen molar-refractivity contribution in [3.05, 3.63) is 0 Å². The summed E-state index contributed by atoms with van der Waals surface area (Å²) < 4.78 is 0. The van der Waals surface area contributed by atoms with Gasteiger partial charge >= 0.3 is 5.97 Å². The highest BCUT2D eigenvalue weighted by atomic mass is 16.6. The van der Waals surface area contributed by atoms with E-state index in [9.17, 15) is 4.79 Å². The summed E-state index contributed by atoms with van der Waals surface area (Å²) in [5.41, 5.74) is 1.40. The highest BCUT2D eigenvalue weighted by Crippen LogP contribution is 2.51. The number of nitrogens with zero attached hydrogens (tertiary/aromatic N) is 1. The van der Waals surface area contributed by atoms with Crippen LogP contribution in [0.15, 0.2) is 5.16 Å². The van der Waals surface area contributed by atoms with Gasteiger partial charge in [-0.25, -0.2) is 4.79 Å². The van der Waals surface area contributed by atoms with Crippen LogP contribution < -0.4 is 0 Å². The first-order valence-electron chi connectivity index (χ1n) is 5.14. The minimum Gasteiger partial charge on any atom is -0.479 e. The van der Waals surface area contributed by atoms with E-state index in [1.807, 2.05) is 0 Å². The molecule has 2 rings (SSSR count). The van der Waals surface area contributed by atoms with E-state index in [-0.39, 0.29) is 6.61 Å².